The number of hydrogen-bond acceptors (Lipinski definition) is 2. The van der Waals surface area contributed by atoms with Crippen LogP contribution in [-0.4, -0.2) is 25.5 Å². The van der Waals surface area contributed by atoms with Gasteiger partial charge < -0.3 is 10.2 Å². The first kappa shape index (κ1) is 16.4. The summed E-state index contributed by atoms with van der Waals surface area (Å²) in [5.74, 6) is -1.32. The van der Waals surface area contributed by atoms with Gasteiger partial charge in [-0.05, 0) is 36.5 Å². The Kier molecular flexibility index (Phi) is 5.08. The van der Waals surface area contributed by atoms with E-state index in [9.17, 15) is 13.6 Å². The molecule has 0 saturated heterocycles. The van der Waals surface area contributed by atoms with Crippen molar-refractivity contribution < 1.29 is 13.6 Å². The average Bonchev–Trinajstić information content (AvgIpc) is 2.55. The van der Waals surface area contributed by atoms with E-state index in [-0.39, 0.29) is 12.5 Å². The quantitative estimate of drug-likeness (QED) is 0.914. The zero-order valence-corrected chi connectivity index (χ0v) is 13.4. The second-order valence-corrected chi connectivity index (χ2v) is 6.01. The maximum absolute atomic E-state index is 14.1. The third-order valence-electron chi connectivity index (χ3n) is 4.21. The molecule has 0 radical (unpaired) electrons. The predicted octanol–water partition coefficient (Wildman–Crippen LogP) is 3.08. The van der Waals surface area contributed by atoms with Crippen molar-refractivity contribution in [2.24, 2.45) is 0 Å². The summed E-state index contributed by atoms with van der Waals surface area (Å²) in [6, 6.07) is 12.1. The number of halogens is 2. The summed E-state index contributed by atoms with van der Waals surface area (Å²) in [6.45, 7) is 1.22. The normalized spacial score (nSPS) is 13.5. The van der Waals surface area contributed by atoms with Crippen LogP contribution in [0.15, 0.2) is 42.5 Å². The Morgan fingerprint density at radius 2 is 1.96 bits per heavy atom. The smallest absolute Gasteiger partial charge is 0.239 e. The van der Waals surface area contributed by atoms with E-state index in [1.807, 2.05) is 30.3 Å². The van der Waals surface area contributed by atoms with Crippen molar-refractivity contribution in [3.8, 4) is 0 Å². The number of hydrogen-bond donors (Lipinski definition) is 1. The van der Waals surface area contributed by atoms with Gasteiger partial charge in [0.05, 0.1) is 12.2 Å². The average molecular weight is 330 g/mol. The molecular formula is C19H20F2N2O. The molecule has 1 amide bonds. The Morgan fingerprint density at radius 3 is 2.75 bits per heavy atom. The van der Waals surface area contributed by atoms with Gasteiger partial charge in [-0.15, -0.1) is 0 Å². The van der Waals surface area contributed by atoms with Crippen molar-refractivity contribution in [1.29, 1.82) is 0 Å². The highest BCUT2D eigenvalue weighted by Crippen LogP contribution is 2.30. The SMILES string of the molecule is O=C(CN1CCCc2cc(F)cc(F)c21)NCCc1ccccc1. The summed E-state index contributed by atoms with van der Waals surface area (Å²) >= 11 is 0. The van der Waals surface area contributed by atoms with Gasteiger partial charge in [0.2, 0.25) is 5.91 Å². The van der Waals surface area contributed by atoms with Crippen LogP contribution in [0, 0.1) is 11.6 Å². The lowest BCUT2D eigenvalue weighted by Crippen LogP contribution is -2.40. The van der Waals surface area contributed by atoms with Crippen LogP contribution in [0.2, 0.25) is 0 Å². The molecule has 0 fully saturated rings. The fourth-order valence-corrected chi connectivity index (χ4v) is 3.11. The topological polar surface area (TPSA) is 32.3 Å². The third kappa shape index (κ3) is 3.91. The van der Waals surface area contributed by atoms with Crippen LogP contribution >= 0.6 is 0 Å². The largest absolute Gasteiger partial charge is 0.360 e. The molecule has 0 aromatic heterocycles. The molecule has 3 nitrogen and oxygen atoms in total. The monoisotopic (exact) mass is 330 g/mol. The summed E-state index contributed by atoms with van der Waals surface area (Å²) in [4.78, 5) is 13.8. The highest BCUT2D eigenvalue weighted by atomic mass is 19.1. The van der Waals surface area contributed by atoms with Crippen LogP contribution < -0.4 is 10.2 Å². The van der Waals surface area contributed by atoms with Gasteiger partial charge in [0.25, 0.3) is 0 Å². The Hall–Kier alpha value is -2.43. The summed E-state index contributed by atoms with van der Waals surface area (Å²) < 4.78 is 27.4. The van der Waals surface area contributed by atoms with Crippen LogP contribution in [-0.2, 0) is 17.6 Å². The predicted molar refractivity (Wildman–Crippen MR) is 90.0 cm³/mol. The minimum absolute atomic E-state index is 0.0876. The van der Waals surface area contributed by atoms with Gasteiger partial charge in [0.15, 0.2) is 0 Å². The van der Waals surface area contributed by atoms with Crippen molar-refractivity contribution in [2.75, 3.05) is 24.5 Å². The van der Waals surface area contributed by atoms with E-state index in [2.05, 4.69) is 5.32 Å². The van der Waals surface area contributed by atoms with Crippen LogP contribution in [0.5, 0.6) is 0 Å². The van der Waals surface area contributed by atoms with Crippen molar-refractivity contribution in [3.63, 3.8) is 0 Å². The van der Waals surface area contributed by atoms with Gasteiger partial charge >= 0.3 is 0 Å². The molecule has 0 aliphatic carbocycles. The number of nitrogens with zero attached hydrogens (tertiary/aromatic N) is 1. The number of carbonyl (C=O) groups is 1. The molecule has 24 heavy (non-hydrogen) atoms. The van der Waals surface area contributed by atoms with E-state index in [4.69, 9.17) is 0 Å². The molecule has 1 N–H and O–H groups in total. The summed E-state index contributed by atoms with van der Waals surface area (Å²) in [7, 11) is 0. The first-order valence-corrected chi connectivity index (χ1v) is 8.17. The van der Waals surface area contributed by atoms with Crippen LogP contribution in [0.3, 0.4) is 0 Å². The number of amides is 1. The van der Waals surface area contributed by atoms with Gasteiger partial charge in [-0.25, -0.2) is 8.78 Å². The fourth-order valence-electron chi connectivity index (χ4n) is 3.11. The van der Waals surface area contributed by atoms with E-state index in [1.165, 1.54) is 6.07 Å². The molecule has 0 unspecified atom stereocenters. The summed E-state index contributed by atoms with van der Waals surface area (Å²) in [6.07, 6.45) is 2.17. The molecule has 1 heterocycles. The minimum Gasteiger partial charge on any atom is -0.360 e. The standard InChI is InChI=1S/C19H20F2N2O/c20-16-11-15-7-4-10-23(19(15)17(21)12-16)13-18(24)22-9-8-14-5-2-1-3-6-14/h1-3,5-6,11-12H,4,7-10,13H2,(H,22,24). The third-order valence-corrected chi connectivity index (χ3v) is 4.21. The number of anilines is 1. The highest BCUT2D eigenvalue weighted by molar-refractivity contribution is 5.82. The van der Waals surface area contributed by atoms with Crippen LogP contribution in [0.25, 0.3) is 0 Å². The molecule has 0 bridgehead atoms. The van der Waals surface area contributed by atoms with Crippen LogP contribution in [0.4, 0.5) is 14.5 Å². The van der Waals surface area contributed by atoms with Crippen molar-refractivity contribution in [1.82, 2.24) is 5.32 Å². The molecule has 2 aromatic rings. The lowest BCUT2D eigenvalue weighted by Gasteiger charge is -2.31. The summed E-state index contributed by atoms with van der Waals surface area (Å²) in [5, 5.41) is 2.86. The van der Waals surface area contributed by atoms with E-state index in [1.54, 1.807) is 4.90 Å². The van der Waals surface area contributed by atoms with Gasteiger partial charge in [-0.3, -0.25) is 4.79 Å². The lowest BCUT2D eigenvalue weighted by molar-refractivity contribution is -0.119. The number of aryl methyl sites for hydroxylation is 1. The Labute approximate surface area is 140 Å². The van der Waals surface area contributed by atoms with E-state index < -0.39 is 11.6 Å². The maximum atomic E-state index is 14.1. The number of carbonyl (C=O) groups excluding carboxylic acids is 1. The molecule has 1 aliphatic rings. The Bertz CT molecular complexity index is 719. The second-order valence-electron chi connectivity index (χ2n) is 6.01. The zero-order chi connectivity index (χ0) is 16.9. The first-order valence-electron chi connectivity index (χ1n) is 8.17. The van der Waals surface area contributed by atoms with Gasteiger partial charge in [-0.2, -0.15) is 0 Å². The number of rotatable bonds is 5. The van der Waals surface area contributed by atoms with Crippen molar-refractivity contribution >= 4 is 11.6 Å². The zero-order valence-electron chi connectivity index (χ0n) is 13.4. The molecule has 0 atom stereocenters. The Morgan fingerprint density at radius 1 is 1.17 bits per heavy atom. The second kappa shape index (κ2) is 7.43. The minimum atomic E-state index is -0.596. The number of fused-ring (bicyclic) bond motifs is 1. The molecule has 0 saturated carbocycles. The molecule has 0 spiro atoms. The number of benzene rings is 2. The fraction of sp³-hybridized carbons (Fsp3) is 0.316. The molecule has 2 aromatic carbocycles. The van der Waals surface area contributed by atoms with Gasteiger partial charge in [0, 0.05) is 19.2 Å². The molecule has 3 rings (SSSR count). The van der Waals surface area contributed by atoms with Crippen LogP contribution in [0.1, 0.15) is 17.5 Å². The molecule has 1 aliphatic heterocycles. The van der Waals surface area contributed by atoms with Gasteiger partial charge in [0.1, 0.15) is 11.6 Å². The van der Waals surface area contributed by atoms with E-state index in [0.29, 0.717) is 30.8 Å². The Balaban J connectivity index is 1.58. The van der Waals surface area contributed by atoms with Crippen molar-refractivity contribution in [2.45, 2.75) is 19.3 Å². The summed E-state index contributed by atoms with van der Waals surface area (Å²) in [5.41, 5.74) is 2.15. The first-order chi connectivity index (χ1) is 11.6. The van der Waals surface area contributed by atoms with Crippen molar-refractivity contribution in [3.05, 3.63) is 65.2 Å². The molecular weight excluding hydrogens is 310 g/mol. The highest BCUT2D eigenvalue weighted by Gasteiger charge is 2.23. The molecule has 5 heteroatoms. The molecule has 126 valence electrons. The maximum Gasteiger partial charge on any atom is 0.239 e. The lowest BCUT2D eigenvalue weighted by atomic mass is 10.0. The van der Waals surface area contributed by atoms with E-state index >= 15 is 0 Å². The van der Waals surface area contributed by atoms with E-state index in [0.717, 1.165) is 24.5 Å². The van der Waals surface area contributed by atoms with Gasteiger partial charge in [-0.1, -0.05) is 30.3 Å². The number of nitrogens with one attached hydrogen (secondary N) is 1.